The first-order valence-electron chi connectivity index (χ1n) is 5.55. The van der Waals surface area contributed by atoms with Crippen LogP contribution in [-0.2, 0) is 24.0 Å². The largest absolute Gasteiger partial charge is 0.348 e. The van der Waals surface area contributed by atoms with Crippen molar-refractivity contribution < 1.29 is 24.0 Å². The fourth-order valence-electron chi connectivity index (χ4n) is 1.35. The Morgan fingerprint density at radius 3 is 2.32 bits per heavy atom. The molecular formula is C11H13N3O5. The Labute approximate surface area is 108 Å². The summed E-state index contributed by atoms with van der Waals surface area (Å²) < 4.78 is 0. The highest BCUT2D eigenvalue weighted by molar-refractivity contribution is 6.13. The van der Waals surface area contributed by atoms with E-state index in [0.29, 0.717) is 6.29 Å². The third-order valence-electron chi connectivity index (χ3n) is 2.29. The lowest BCUT2D eigenvalue weighted by Crippen LogP contribution is -2.39. The lowest BCUT2D eigenvalue weighted by Gasteiger charge is -2.13. The van der Waals surface area contributed by atoms with Crippen LogP contribution in [0.2, 0.25) is 0 Å². The molecule has 8 heteroatoms. The Hall–Kier alpha value is -2.51. The summed E-state index contributed by atoms with van der Waals surface area (Å²) in [5.41, 5.74) is 0. The molecule has 0 aliphatic carbocycles. The Bertz CT molecular complexity index is 426. The summed E-state index contributed by atoms with van der Waals surface area (Å²) in [6.07, 6.45) is 2.71. The molecule has 1 heterocycles. The van der Waals surface area contributed by atoms with Gasteiger partial charge in [-0.3, -0.25) is 24.1 Å². The van der Waals surface area contributed by atoms with Crippen LogP contribution in [0.4, 0.5) is 0 Å². The molecule has 1 aliphatic heterocycles. The molecule has 8 nitrogen and oxygen atoms in total. The van der Waals surface area contributed by atoms with E-state index in [1.54, 1.807) is 0 Å². The van der Waals surface area contributed by atoms with Gasteiger partial charge in [0, 0.05) is 25.1 Å². The van der Waals surface area contributed by atoms with E-state index in [4.69, 9.17) is 0 Å². The highest BCUT2D eigenvalue weighted by atomic mass is 16.2. The van der Waals surface area contributed by atoms with Crippen LogP contribution in [0.1, 0.15) is 6.42 Å². The van der Waals surface area contributed by atoms with Gasteiger partial charge in [0.2, 0.25) is 11.8 Å². The molecule has 1 rings (SSSR count). The number of nitrogens with zero attached hydrogens (tertiary/aromatic N) is 1. The standard InChI is InChI=1S/C11H13N3O5/c15-6-4-12-9(17)7-13-8(16)3-5-14-10(18)1-2-11(14)19/h1-2,6H,3-5,7H2,(H,12,17)(H,13,16). The van der Waals surface area contributed by atoms with Gasteiger partial charge in [-0.25, -0.2) is 0 Å². The van der Waals surface area contributed by atoms with E-state index in [-0.39, 0.29) is 26.1 Å². The fourth-order valence-corrected chi connectivity index (χ4v) is 1.35. The lowest BCUT2D eigenvalue weighted by atomic mass is 10.3. The van der Waals surface area contributed by atoms with E-state index >= 15 is 0 Å². The SMILES string of the molecule is O=CCNC(=O)CNC(=O)CCN1C(=O)C=CC1=O. The van der Waals surface area contributed by atoms with Crippen LogP contribution in [0.25, 0.3) is 0 Å². The zero-order chi connectivity index (χ0) is 14.3. The third kappa shape index (κ3) is 4.70. The molecule has 102 valence electrons. The molecule has 0 bridgehead atoms. The predicted octanol–water partition coefficient (Wildman–Crippen LogP) is -2.27. The predicted molar refractivity (Wildman–Crippen MR) is 62.6 cm³/mol. The van der Waals surface area contributed by atoms with Gasteiger partial charge < -0.3 is 15.4 Å². The van der Waals surface area contributed by atoms with Gasteiger partial charge in [0.25, 0.3) is 11.8 Å². The Morgan fingerprint density at radius 2 is 1.74 bits per heavy atom. The summed E-state index contributed by atoms with van der Waals surface area (Å²) in [5, 5.41) is 4.56. The molecule has 0 saturated heterocycles. The van der Waals surface area contributed by atoms with Crippen LogP contribution < -0.4 is 10.6 Å². The minimum Gasteiger partial charge on any atom is -0.348 e. The van der Waals surface area contributed by atoms with E-state index in [0.717, 1.165) is 17.1 Å². The summed E-state index contributed by atoms with van der Waals surface area (Å²) in [7, 11) is 0. The minimum absolute atomic E-state index is 0.0353. The van der Waals surface area contributed by atoms with Crippen molar-refractivity contribution in [3.63, 3.8) is 0 Å². The molecule has 0 aromatic rings. The molecule has 0 atom stereocenters. The lowest BCUT2D eigenvalue weighted by molar-refractivity contribution is -0.137. The summed E-state index contributed by atoms with van der Waals surface area (Å²) in [5.74, 6) is -1.87. The quantitative estimate of drug-likeness (QED) is 0.399. The van der Waals surface area contributed by atoms with Gasteiger partial charge in [-0.1, -0.05) is 0 Å². The fraction of sp³-hybridized carbons (Fsp3) is 0.364. The first-order valence-corrected chi connectivity index (χ1v) is 5.55. The van der Waals surface area contributed by atoms with Crippen LogP contribution in [0, 0.1) is 0 Å². The van der Waals surface area contributed by atoms with Crippen LogP contribution in [-0.4, -0.2) is 54.4 Å². The molecule has 0 aromatic carbocycles. The number of carbonyl (C=O) groups is 5. The van der Waals surface area contributed by atoms with Gasteiger partial charge in [-0.05, 0) is 0 Å². The molecule has 2 N–H and O–H groups in total. The van der Waals surface area contributed by atoms with Crippen molar-refractivity contribution in [2.45, 2.75) is 6.42 Å². The zero-order valence-electron chi connectivity index (χ0n) is 10.0. The number of imide groups is 1. The number of hydrogen-bond donors (Lipinski definition) is 2. The van der Waals surface area contributed by atoms with E-state index in [1.165, 1.54) is 0 Å². The maximum Gasteiger partial charge on any atom is 0.253 e. The maximum atomic E-state index is 11.4. The van der Waals surface area contributed by atoms with E-state index < -0.39 is 23.6 Å². The Balaban J connectivity index is 2.21. The topological polar surface area (TPSA) is 113 Å². The van der Waals surface area contributed by atoms with Crippen molar-refractivity contribution >= 4 is 29.9 Å². The van der Waals surface area contributed by atoms with Gasteiger partial charge in [0.05, 0.1) is 13.1 Å². The number of amides is 4. The second kappa shape index (κ2) is 7.04. The van der Waals surface area contributed by atoms with Crippen molar-refractivity contribution in [2.75, 3.05) is 19.6 Å². The average molecular weight is 267 g/mol. The highest BCUT2D eigenvalue weighted by Crippen LogP contribution is 2.03. The minimum atomic E-state index is -0.490. The molecule has 1 aliphatic rings. The summed E-state index contributed by atoms with van der Waals surface area (Å²) in [6, 6.07) is 0. The molecule has 4 amide bonds. The van der Waals surface area contributed by atoms with Gasteiger partial charge in [-0.2, -0.15) is 0 Å². The first kappa shape index (κ1) is 14.6. The number of aldehydes is 1. The average Bonchev–Trinajstić information content (AvgIpc) is 2.71. The Kier molecular flexibility index (Phi) is 5.39. The van der Waals surface area contributed by atoms with Crippen molar-refractivity contribution in [3.05, 3.63) is 12.2 Å². The zero-order valence-corrected chi connectivity index (χ0v) is 10.0. The van der Waals surface area contributed by atoms with Gasteiger partial charge in [0.15, 0.2) is 0 Å². The van der Waals surface area contributed by atoms with E-state index in [1.807, 2.05) is 0 Å². The van der Waals surface area contributed by atoms with Crippen LogP contribution in [0.3, 0.4) is 0 Å². The molecule has 0 radical (unpaired) electrons. The molecular weight excluding hydrogens is 254 g/mol. The number of rotatable bonds is 7. The van der Waals surface area contributed by atoms with E-state index in [2.05, 4.69) is 10.6 Å². The summed E-state index contributed by atoms with van der Waals surface area (Å²) >= 11 is 0. The third-order valence-corrected chi connectivity index (χ3v) is 2.29. The van der Waals surface area contributed by atoms with E-state index in [9.17, 15) is 24.0 Å². The number of nitrogens with one attached hydrogen (secondary N) is 2. The summed E-state index contributed by atoms with van der Waals surface area (Å²) in [6.45, 7) is -0.406. The molecule has 0 spiro atoms. The van der Waals surface area contributed by atoms with Crippen molar-refractivity contribution in [2.24, 2.45) is 0 Å². The van der Waals surface area contributed by atoms with Gasteiger partial charge >= 0.3 is 0 Å². The van der Waals surface area contributed by atoms with Crippen LogP contribution in [0.5, 0.6) is 0 Å². The summed E-state index contributed by atoms with van der Waals surface area (Å²) in [4.78, 5) is 55.7. The molecule has 0 aromatic heterocycles. The smallest absolute Gasteiger partial charge is 0.253 e. The second-order valence-electron chi connectivity index (χ2n) is 3.66. The van der Waals surface area contributed by atoms with Crippen molar-refractivity contribution in [1.82, 2.24) is 15.5 Å². The normalized spacial score (nSPS) is 13.6. The van der Waals surface area contributed by atoms with Crippen molar-refractivity contribution in [3.8, 4) is 0 Å². The van der Waals surface area contributed by atoms with Gasteiger partial charge in [0.1, 0.15) is 6.29 Å². The first-order chi connectivity index (χ1) is 9.04. The monoisotopic (exact) mass is 267 g/mol. The number of hydrogen-bond acceptors (Lipinski definition) is 5. The maximum absolute atomic E-state index is 11.4. The van der Waals surface area contributed by atoms with Crippen LogP contribution >= 0.6 is 0 Å². The van der Waals surface area contributed by atoms with Crippen molar-refractivity contribution in [1.29, 1.82) is 0 Å². The highest BCUT2D eigenvalue weighted by Gasteiger charge is 2.23. The molecule has 0 fully saturated rings. The second-order valence-corrected chi connectivity index (χ2v) is 3.66. The number of carbonyl (C=O) groups excluding carboxylic acids is 5. The molecule has 0 saturated carbocycles. The molecule has 19 heavy (non-hydrogen) atoms. The Morgan fingerprint density at radius 1 is 1.11 bits per heavy atom. The molecule has 0 unspecified atom stereocenters. The van der Waals surface area contributed by atoms with Crippen LogP contribution in [0.15, 0.2) is 12.2 Å². The van der Waals surface area contributed by atoms with Gasteiger partial charge in [-0.15, -0.1) is 0 Å².